The van der Waals surface area contributed by atoms with Gasteiger partial charge in [0, 0.05) is 40.7 Å². The highest BCUT2D eigenvalue weighted by Crippen LogP contribution is 2.48. The molecule has 1 amide bonds. The number of carbonyl (C=O) groups is 2. The highest BCUT2D eigenvalue weighted by molar-refractivity contribution is 9.10. The molecule has 4 nitrogen and oxygen atoms in total. The number of ketones is 1. The Morgan fingerprint density at radius 3 is 2.57 bits per heavy atom. The molecular formula is C22H20BrFN2O2. The Bertz CT molecular complexity index is 998. The van der Waals surface area contributed by atoms with Crippen molar-refractivity contribution in [3.05, 3.63) is 69.7 Å². The fourth-order valence-electron chi connectivity index (χ4n) is 4.20. The maximum absolute atomic E-state index is 14.5. The van der Waals surface area contributed by atoms with E-state index < -0.39 is 5.92 Å². The topological polar surface area (TPSA) is 50.3 Å². The van der Waals surface area contributed by atoms with Crippen LogP contribution in [0, 0.1) is 11.2 Å². The van der Waals surface area contributed by atoms with Gasteiger partial charge < -0.3 is 0 Å². The van der Waals surface area contributed by atoms with E-state index in [0.29, 0.717) is 35.5 Å². The molecule has 1 unspecified atom stereocenters. The Labute approximate surface area is 171 Å². The van der Waals surface area contributed by atoms with Gasteiger partial charge in [0.1, 0.15) is 11.6 Å². The first-order valence-corrected chi connectivity index (χ1v) is 10.0. The van der Waals surface area contributed by atoms with E-state index in [4.69, 9.17) is 0 Å². The van der Waals surface area contributed by atoms with E-state index in [9.17, 15) is 14.0 Å². The van der Waals surface area contributed by atoms with Gasteiger partial charge in [-0.2, -0.15) is 0 Å². The van der Waals surface area contributed by atoms with Gasteiger partial charge in [-0.25, -0.2) is 9.37 Å². The number of pyridine rings is 1. The smallest absolute Gasteiger partial charge is 0.233 e. The van der Waals surface area contributed by atoms with Crippen LogP contribution in [0.3, 0.4) is 0 Å². The third-order valence-corrected chi connectivity index (χ3v) is 5.83. The number of anilines is 1. The van der Waals surface area contributed by atoms with Crippen molar-refractivity contribution in [3.8, 4) is 0 Å². The minimum atomic E-state index is -0.556. The van der Waals surface area contributed by atoms with Crippen LogP contribution in [0.2, 0.25) is 0 Å². The van der Waals surface area contributed by atoms with Crippen molar-refractivity contribution in [1.82, 2.24) is 4.98 Å². The average molecular weight is 443 g/mol. The first kappa shape index (κ1) is 19.0. The summed E-state index contributed by atoms with van der Waals surface area (Å²) in [6.07, 6.45) is 2.61. The van der Waals surface area contributed by atoms with Crippen LogP contribution < -0.4 is 4.90 Å². The number of carbonyl (C=O) groups excluding carboxylic acids is 2. The van der Waals surface area contributed by atoms with Gasteiger partial charge >= 0.3 is 0 Å². The second kappa shape index (κ2) is 6.92. The van der Waals surface area contributed by atoms with Gasteiger partial charge in [0.05, 0.1) is 0 Å². The monoisotopic (exact) mass is 442 g/mol. The molecule has 0 fully saturated rings. The summed E-state index contributed by atoms with van der Waals surface area (Å²) in [5.41, 5.74) is 1.33. The number of halogens is 2. The largest absolute Gasteiger partial charge is 0.294 e. The summed E-state index contributed by atoms with van der Waals surface area (Å²) in [5, 5.41) is 0. The van der Waals surface area contributed by atoms with E-state index in [2.05, 4.69) is 20.9 Å². The normalized spacial score (nSPS) is 21.7. The Balaban J connectivity index is 1.91. The van der Waals surface area contributed by atoms with Crippen molar-refractivity contribution < 1.29 is 14.0 Å². The number of allylic oxidation sites excluding steroid dienone is 2. The zero-order valence-electron chi connectivity index (χ0n) is 15.7. The van der Waals surface area contributed by atoms with Crippen molar-refractivity contribution in [1.29, 1.82) is 0 Å². The molecule has 4 rings (SSSR count). The van der Waals surface area contributed by atoms with Crippen LogP contribution in [0.25, 0.3) is 0 Å². The van der Waals surface area contributed by atoms with Crippen molar-refractivity contribution in [2.45, 2.75) is 39.0 Å². The quantitative estimate of drug-likeness (QED) is 0.646. The van der Waals surface area contributed by atoms with E-state index in [1.807, 2.05) is 19.9 Å². The maximum atomic E-state index is 14.5. The van der Waals surface area contributed by atoms with Gasteiger partial charge in [-0.15, -0.1) is 0 Å². The lowest BCUT2D eigenvalue weighted by Gasteiger charge is -2.42. The maximum Gasteiger partial charge on any atom is 0.233 e. The van der Waals surface area contributed by atoms with Crippen LogP contribution in [0.15, 0.2) is 58.3 Å². The number of Topliss-reactive ketones (excluding diaryl/α,β-unsaturated/α-hetero) is 1. The summed E-state index contributed by atoms with van der Waals surface area (Å²) in [7, 11) is 0. The van der Waals surface area contributed by atoms with Gasteiger partial charge in [0.2, 0.25) is 5.91 Å². The first-order valence-electron chi connectivity index (χ1n) is 9.22. The Kier molecular flexibility index (Phi) is 4.70. The molecule has 6 heteroatoms. The number of hydrogen-bond donors (Lipinski definition) is 0. The summed E-state index contributed by atoms with van der Waals surface area (Å²) >= 11 is 3.36. The zero-order valence-corrected chi connectivity index (χ0v) is 17.3. The minimum absolute atomic E-state index is 0.0193. The molecule has 0 N–H and O–H groups in total. The second-order valence-corrected chi connectivity index (χ2v) is 9.06. The third-order valence-electron chi connectivity index (χ3n) is 5.36. The highest BCUT2D eigenvalue weighted by atomic mass is 79.9. The lowest BCUT2D eigenvalue weighted by atomic mass is 9.69. The molecule has 28 heavy (non-hydrogen) atoms. The molecule has 2 aliphatic rings. The fourth-order valence-corrected chi connectivity index (χ4v) is 4.44. The van der Waals surface area contributed by atoms with Crippen LogP contribution in [0.5, 0.6) is 0 Å². The summed E-state index contributed by atoms with van der Waals surface area (Å²) in [4.78, 5) is 32.2. The third kappa shape index (κ3) is 3.30. The number of nitrogens with zero attached hydrogens (tertiary/aromatic N) is 2. The van der Waals surface area contributed by atoms with Gasteiger partial charge in [0.15, 0.2) is 5.78 Å². The minimum Gasteiger partial charge on any atom is -0.294 e. The molecule has 1 aromatic heterocycles. The van der Waals surface area contributed by atoms with Crippen LogP contribution in [-0.4, -0.2) is 16.7 Å². The SMILES string of the molecule is CC1(C)CC(=O)C2=C(C1)N(c1ccc(Br)cn1)C(=O)CC2c1ccccc1F. The molecule has 1 aliphatic carbocycles. The number of hydrogen-bond acceptors (Lipinski definition) is 3. The summed E-state index contributed by atoms with van der Waals surface area (Å²) in [6.45, 7) is 4.03. The van der Waals surface area contributed by atoms with Crippen LogP contribution in [0.1, 0.15) is 44.6 Å². The lowest BCUT2D eigenvalue weighted by Crippen LogP contribution is -2.44. The Morgan fingerprint density at radius 1 is 1.14 bits per heavy atom. The Hall–Kier alpha value is -2.34. The molecule has 1 aliphatic heterocycles. The summed E-state index contributed by atoms with van der Waals surface area (Å²) in [6, 6.07) is 9.96. The molecule has 0 radical (unpaired) electrons. The second-order valence-electron chi connectivity index (χ2n) is 8.14. The van der Waals surface area contributed by atoms with Crippen molar-refractivity contribution in [3.63, 3.8) is 0 Å². The van der Waals surface area contributed by atoms with Crippen LogP contribution in [0.4, 0.5) is 10.2 Å². The standard InChI is InChI=1S/C22H20BrFN2O2/c1-22(2)10-17-21(18(27)11-22)15(14-5-3-4-6-16(14)24)9-20(28)26(17)19-8-7-13(23)12-25-19/h3-8,12,15H,9-11H2,1-2H3. The summed E-state index contributed by atoms with van der Waals surface area (Å²) in [5.74, 6) is -0.654. The molecule has 1 aromatic carbocycles. The molecule has 0 bridgehead atoms. The molecule has 2 aromatic rings. The molecule has 144 valence electrons. The number of benzene rings is 1. The molecular weight excluding hydrogens is 423 g/mol. The molecule has 0 saturated heterocycles. The van der Waals surface area contributed by atoms with Crippen molar-refractivity contribution >= 4 is 33.4 Å². The van der Waals surface area contributed by atoms with E-state index in [1.165, 1.54) is 6.07 Å². The van der Waals surface area contributed by atoms with Gasteiger partial charge in [0.25, 0.3) is 0 Å². The van der Waals surface area contributed by atoms with E-state index in [1.54, 1.807) is 35.4 Å². The van der Waals surface area contributed by atoms with Crippen molar-refractivity contribution in [2.75, 3.05) is 4.90 Å². The number of rotatable bonds is 2. The predicted octanol–water partition coefficient (Wildman–Crippen LogP) is 5.15. The van der Waals surface area contributed by atoms with Gasteiger partial charge in [-0.1, -0.05) is 32.0 Å². The highest BCUT2D eigenvalue weighted by Gasteiger charge is 2.45. The molecule has 0 spiro atoms. The number of aromatic nitrogens is 1. The zero-order chi connectivity index (χ0) is 20.1. The Morgan fingerprint density at radius 2 is 1.89 bits per heavy atom. The van der Waals surface area contributed by atoms with E-state index in [0.717, 1.165) is 4.47 Å². The first-order chi connectivity index (χ1) is 13.3. The summed E-state index contributed by atoms with van der Waals surface area (Å²) < 4.78 is 15.3. The van der Waals surface area contributed by atoms with Crippen molar-refractivity contribution in [2.24, 2.45) is 5.41 Å². The number of amides is 1. The predicted molar refractivity (Wildman–Crippen MR) is 108 cm³/mol. The van der Waals surface area contributed by atoms with Gasteiger partial charge in [-0.3, -0.25) is 14.5 Å². The van der Waals surface area contributed by atoms with Gasteiger partial charge in [-0.05, 0) is 51.5 Å². The van der Waals surface area contributed by atoms with Crippen LogP contribution >= 0.6 is 15.9 Å². The molecule has 2 heterocycles. The van der Waals surface area contributed by atoms with E-state index >= 15 is 0 Å². The fraction of sp³-hybridized carbons (Fsp3) is 0.318. The lowest BCUT2D eigenvalue weighted by molar-refractivity contribution is -0.121. The van der Waals surface area contributed by atoms with E-state index in [-0.39, 0.29) is 29.3 Å². The molecule has 1 atom stereocenters. The molecule has 0 saturated carbocycles. The average Bonchev–Trinajstić information content (AvgIpc) is 2.61. The van der Waals surface area contributed by atoms with Crippen LogP contribution in [-0.2, 0) is 9.59 Å².